The molecule has 2 N–H and O–H groups in total. The van der Waals surface area contributed by atoms with Crippen molar-refractivity contribution in [3.05, 3.63) is 0 Å². The molecule has 0 unspecified atom stereocenters. The molecular weight excluding hydrogens is 164 g/mol. The summed E-state index contributed by atoms with van der Waals surface area (Å²) < 4.78 is 0. The van der Waals surface area contributed by atoms with Gasteiger partial charge in [-0.1, -0.05) is 0 Å². The van der Waals surface area contributed by atoms with Crippen molar-refractivity contribution in [3.63, 3.8) is 0 Å². The van der Waals surface area contributed by atoms with E-state index in [4.69, 9.17) is 5.84 Å². The molecule has 0 radical (unpaired) electrons. The lowest BCUT2D eigenvalue weighted by atomic mass is 10.4. The normalized spacial score (nSPS) is 8.27. The van der Waals surface area contributed by atoms with E-state index in [0.29, 0.717) is 0 Å². The third-order valence-corrected chi connectivity index (χ3v) is 1.00. The first kappa shape index (κ1) is 13.1. The smallest absolute Gasteiger partial charge is 0.114 e. The van der Waals surface area contributed by atoms with Crippen molar-refractivity contribution in [2.24, 2.45) is 15.9 Å². The van der Waals surface area contributed by atoms with Crippen LogP contribution in [-0.4, -0.2) is 38.1 Å². The molecule has 0 aromatic heterocycles. The van der Waals surface area contributed by atoms with Gasteiger partial charge in [0.25, 0.3) is 0 Å². The predicted molar refractivity (Wildman–Crippen MR) is 49.3 cm³/mol. The Balaban J connectivity index is 0. The molecule has 0 atom stereocenters. The zero-order chi connectivity index (χ0) is 7.82. The van der Waals surface area contributed by atoms with Crippen LogP contribution in [0.2, 0.25) is 0 Å². The Morgan fingerprint density at radius 2 is 2.09 bits per heavy atom. The fourth-order valence-corrected chi connectivity index (χ4v) is 0.557. The van der Waals surface area contributed by atoms with Crippen molar-refractivity contribution in [2.45, 2.75) is 6.42 Å². The average Bonchev–Trinajstić information content (AvgIpc) is 1.87. The van der Waals surface area contributed by atoms with Crippen LogP contribution in [0.4, 0.5) is 0 Å². The zero-order valence-electron chi connectivity index (χ0n) is 6.95. The van der Waals surface area contributed by atoms with Crippen LogP contribution in [0.25, 0.3) is 0 Å². The highest BCUT2D eigenvalue weighted by Crippen LogP contribution is 1.82. The van der Waals surface area contributed by atoms with Gasteiger partial charge in [0.05, 0.1) is 6.54 Å². The summed E-state index contributed by atoms with van der Waals surface area (Å²) in [6.07, 6.45) is 1.02. The summed E-state index contributed by atoms with van der Waals surface area (Å²) in [6, 6.07) is 2.33. The lowest BCUT2D eigenvalue weighted by molar-refractivity contribution is 0.403. The molecule has 0 saturated heterocycles. The van der Waals surface area contributed by atoms with Gasteiger partial charge in [-0.15, -0.1) is 17.5 Å². The van der Waals surface area contributed by atoms with E-state index < -0.39 is 0 Å². The van der Waals surface area contributed by atoms with E-state index in [0.717, 1.165) is 19.5 Å². The maximum absolute atomic E-state index is 4.78. The summed E-state index contributed by atoms with van der Waals surface area (Å²) in [5.74, 6) is 4.78. The quantitative estimate of drug-likeness (QED) is 0.294. The average molecular weight is 179 g/mol. The van der Waals surface area contributed by atoms with E-state index in [9.17, 15) is 0 Å². The second-order valence-corrected chi connectivity index (χ2v) is 2.27. The minimum atomic E-state index is 0. The van der Waals surface area contributed by atoms with Gasteiger partial charge in [0.15, 0.2) is 0 Å². The lowest BCUT2D eigenvalue weighted by Gasteiger charge is -2.05. The van der Waals surface area contributed by atoms with E-state index in [-0.39, 0.29) is 12.4 Å². The molecule has 66 valence electrons. The molecule has 0 spiro atoms. The number of aliphatic imine (C=N–C) groups is 1. The summed E-state index contributed by atoms with van der Waals surface area (Å²) in [7, 11) is 4.06. The Labute approximate surface area is 73.6 Å². The van der Waals surface area contributed by atoms with E-state index >= 15 is 0 Å². The van der Waals surface area contributed by atoms with Crippen LogP contribution in [0.15, 0.2) is 10.1 Å². The van der Waals surface area contributed by atoms with Crippen molar-refractivity contribution >= 4 is 18.4 Å². The molecule has 0 heterocycles. The summed E-state index contributed by atoms with van der Waals surface area (Å²) >= 11 is 0. The predicted octanol–water partition coefficient (Wildman–Crippen LogP) is 0.408. The number of halogens is 1. The first-order valence-electron chi connectivity index (χ1n) is 3.23. The largest absolute Gasteiger partial charge is 0.314 e. The fraction of sp³-hybridized carbons (Fsp3) is 0.833. The van der Waals surface area contributed by atoms with Gasteiger partial charge in [0.2, 0.25) is 0 Å². The van der Waals surface area contributed by atoms with Gasteiger partial charge in [-0.05, 0) is 27.1 Å². The maximum Gasteiger partial charge on any atom is 0.114 e. The van der Waals surface area contributed by atoms with Gasteiger partial charge in [-0.25, -0.2) is 4.99 Å². The summed E-state index contributed by atoms with van der Waals surface area (Å²) in [4.78, 5) is 5.90. The molecule has 0 bridgehead atoms. The van der Waals surface area contributed by atoms with Crippen molar-refractivity contribution in [1.29, 1.82) is 0 Å². The van der Waals surface area contributed by atoms with Gasteiger partial charge >= 0.3 is 0 Å². The van der Waals surface area contributed by atoms with Crippen LogP contribution in [0.3, 0.4) is 0 Å². The Kier molecular flexibility index (Phi) is 11.2. The Hall–Kier alpha value is -0.570. The van der Waals surface area contributed by atoms with E-state index in [1.807, 2.05) is 14.1 Å². The minimum absolute atomic E-state index is 0. The third-order valence-electron chi connectivity index (χ3n) is 1.00. The molecule has 0 saturated carbocycles. The van der Waals surface area contributed by atoms with Crippen LogP contribution in [0, 0.1) is 0 Å². The fourth-order valence-electron chi connectivity index (χ4n) is 0.557. The molecule has 0 aliphatic rings. The molecule has 0 aromatic rings. The highest BCUT2D eigenvalue weighted by molar-refractivity contribution is 5.85. The standard InChI is InChI=1S/C6H14N4.ClH/c1-10(2)5-3-4-8-6-9-7;/h3-5,7H2,1-2H3;1H. The first-order valence-corrected chi connectivity index (χ1v) is 3.23. The molecule has 0 amide bonds. The Morgan fingerprint density at radius 3 is 2.55 bits per heavy atom. The van der Waals surface area contributed by atoms with Crippen LogP contribution < -0.4 is 5.84 Å². The van der Waals surface area contributed by atoms with Crippen LogP contribution in [-0.2, 0) is 0 Å². The number of hydrogen-bond acceptors (Lipinski definition) is 4. The number of hydrogen-bond donors (Lipinski definition) is 1. The summed E-state index contributed by atoms with van der Waals surface area (Å²) in [5.41, 5.74) is 0. The van der Waals surface area contributed by atoms with Crippen LogP contribution in [0.5, 0.6) is 0 Å². The molecule has 5 heteroatoms. The zero-order valence-corrected chi connectivity index (χ0v) is 7.77. The topological polar surface area (TPSA) is 54.0 Å². The highest BCUT2D eigenvalue weighted by Gasteiger charge is 1.86. The minimum Gasteiger partial charge on any atom is -0.314 e. The van der Waals surface area contributed by atoms with E-state index in [1.165, 1.54) is 0 Å². The summed E-state index contributed by atoms with van der Waals surface area (Å²) in [5, 5.41) is 3.12. The SMILES string of the molecule is CN(C)CCCN=C=NN.Cl. The Bertz CT molecular complexity index is 129. The van der Waals surface area contributed by atoms with Crippen molar-refractivity contribution in [1.82, 2.24) is 4.90 Å². The summed E-state index contributed by atoms with van der Waals surface area (Å²) in [6.45, 7) is 1.79. The second kappa shape index (κ2) is 9.43. The molecule has 0 rings (SSSR count). The van der Waals surface area contributed by atoms with Crippen LogP contribution in [0.1, 0.15) is 6.42 Å². The molecule has 0 aromatic carbocycles. The number of nitrogens with two attached hydrogens (primary N) is 1. The molecule has 0 aliphatic heterocycles. The van der Waals surface area contributed by atoms with Crippen LogP contribution >= 0.6 is 12.4 Å². The monoisotopic (exact) mass is 178 g/mol. The van der Waals surface area contributed by atoms with E-state index in [2.05, 4.69) is 21.0 Å². The molecule has 0 aliphatic carbocycles. The Morgan fingerprint density at radius 1 is 1.45 bits per heavy atom. The lowest BCUT2D eigenvalue weighted by Crippen LogP contribution is -2.13. The van der Waals surface area contributed by atoms with E-state index in [1.54, 1.807) is 0 Å². The van der Waals surface area contributed by atoms with Gasteiger partial charge in [-0.3, -0.25) is 0 Å². The maximum atomic E-state index is 4.78. The van der Waals surface area contributed by atoms with Gasteiger partial charge in [0, 0.05) is 0 Å². The van der Waals surface area contributed by atoms with Gasteiger partial charge in [0.1, 0.15) is 6.01 Å². The van der Waals surface area contributed by atoms with Gasteiger partial charge in [-0.2, -0.15) is 0 Å². The molecule has 11 heavy (non-hydrogen) atoms. The molecule has 0 fully saturated rings. The van der Waals surface area contributed by atoms with Crippen molar-refractivity contribution in [2.75, 3.05) is 27.2 Å². The van der Waals surface area contributed by atoms with Gasteiger partial charge < -0.3 is 10.7 Å². The number of rotatable bonds is 4. The highest BCUT2D eigenvalue weighted by atomic mass is 35.5. The number of nitrogens with zero attached hydrogens (tertiary/aromatic N) is 3. The third kappa shape index (κ3) is 12.6. The second-order valence-electron chi connectivity index (χ2n) is 2.27. The van der Waals surface area contributed by atoms with Crippen molar-refractivity contribution < 1.29 is 0 Å². The first-order chi connectivity index (χ1) is 4.77. The van der Waals surface area contributed by atoms with Crippen molar-refractivity contribution in [3.8, 4) is 0 Å². The molecule has 4 nitrogen and oxygen atoms in total. The number of hydrazone groups is 1. The molecular formula is C6H15ClN4.